The maximum atomic E-state index is 13.1. The lowest BCUT2D eigenvalue weighted by Crippen LogP contribution is -2.20. The number of carbonyl (C=O) groups excluding carboxylic acids is 4. The summed E-state index contributed by atoms with van der Waals surface area (Å²) >= 11 is 3.34. The molecule has 0 aliphatic carbocycles. The number of Topliss-reactive ketones (excluding diaryl/α,β-unsaturated/α-hetero) is 2. The molecule has 2 aromatic carbocycles. The highest BCUT2D eigenvalue weighted by Crippen LogP contribution is 2.45. The van der Waals surface area contributed by atoms with Gasteiger partial charge < -0.3 is 19.7 Å². The fraction of sp³-hybridized carbons (Fsp3) is 0.304. The van der Waals surface area contributed by atoms with E-state index in [4.69, 9.17) is 9.47 Å². The lowest BCUT2D eigenvalue weighted by molar-refractivity contribution is -0.134. The molecule has 0 aliphatic heterocycles. The molecule has 0 unspecified atom stereocenters. The lowest BCUT2D eigenvalue weighted by Gasteiger charge is -2.19. The number of ether oxygens (including phenoxy) is 2. The van der Waals surface area contributed by atoms with Crippen molar-refractivity contribution in [1.29, 1.82) is 0 Å². The van der Waals surface area contributed by atoms with Gasteiger partial charge in [0.1, 0.15) is 6.61 Å². The molecule has 0 saturated heterocycles. The molecule has 0 aromatic heterocycles. The number of phenols is 2. The fourth-order valence-electron chi connectivity index (χ4n) is 2.91. The van der Waals surface area contributed by atoms with E-state index >= 15 is 0 Å². The van der Waals surface area contributed by atoms with Crippen molar-refractivity contribution < 1.29 is 38.9 Å². The minimum Gasteiger partial charge on any atom is -0.504 e. The highest BCUT2D eigenvalue weighted by Gasteiger charge is 2.35. The number of esters is 2. The van der Waals surface area contributed by atoms with Crippen LogP contribution in [0.15, 0.2) is 28.7 Å². The Bertz CT molecular complexity index is 1070. The van der Waals surface area contributed by atoms with E-state index in [1.165, 1.54) is 20.8 Å². The molecule has 0 amide bonds. The number of ketones is 2. The van der Waals surface area contributed by atoms with Crippen molar-refractivity contribution in [3.8, 4) is 17.2 Å². The van der Waals surface area contributed by atoms with Crippen LogP contribution in [0.3, 0.4) is 0 Å². The molecule has 2 rings (SSSR count). The Morgan fingerprint density at radius 2 is 1.44 bits per heavy atom. The van der Waals surface area contributed by atoms with Crippen molar-refractivity contribution in [1.82, 2.24) is 0 Å². The monoisotopic (exact) mass is 506 g/mol. The van der Waals surface area contributed by atoms with Crippen LogP contribution in [0.4, 0.5) is 0 Å². The Morgan fingerprint density at radius 1 is 0.844 bits per heavy atom. The van der Waals surface area contributed by atoms with E-state index in [1.54, 1.807) is 24.3 Å². The Morgan fingerprint density at radius 3 is 2.00 bits per heavy atom. The number of hydrogen-bond donors (Lipinski definition) is 2. The smallest absolute Gasteiger partial charge is 0.340 e. The van der Waals surface area contributed by atoms with Crippen molar-refractivity contribution in [2.75, 3.05) is 0 Å². The maximum absolute atomic E-state index is 13.1. The van der Waals surface area contributed by atoms with E-state index in [-0.39, 0.29) is 25.9 Å². The van der Waals surface area contributed by atoms with Gasteiger partial charge in [0.2, 0.25) is 5.75 Å². The molecule has 0 spiro atoms. The molecule has 0 fully saturated rings. The highest BCUT2D eigenvalue weighted by molar-refractivity contribution is 9.10. The van der Waals surface area contributed by atoms with Gasteiger partial charge in [0.05, 0.1) is 16.7 Å². The molecule has 9 heteroatoms. The molecule has 0 aliphatic rings. The van der Waals surface area contributed by atoms with Gasteiger partial charge in [-0.3, -0.25) is 14.4 Å². The second-order valence-corrected chi connectivity index (χ2v) is 7.55. The van der Waals surface area contributed by atoms with E-state index in [1.807, 2.05) is 0 Å². The van der Waals surface area contributed by atoms with Crippen LogP contribution < -0.4 is 4.74 Å². The normalized spacial score (nSPS) is 10.5. The SMILES string of the molecule is CCC(=O)Oc1c(O)c(O)c(C(=O)CC)c(C(=O)OCc2ccccc2Br)c1C(=O)CC. The zero-order chi connectivity index (χ0) is 24.0. The maximum Gasteiger partial charge on any atom is 0.340 e. The van der Waals surface area contributed by atoms with Crippen LogP contribution in [-0.2, 0) is 16.1 Å². The summed E-state index contributed by atoms with van der Waals surface area (Å²) in [4.78, 5) is 50.4. The fourth-order valence-corrected chi connectivity index (χ4v) is 3.31. The Kier molecular flexibility index (Phi) is 8.54. The topological polar surface area (TPSA) is 127 Å². The molecule has 0 heterocycles. The first kappa shape index (κ1) is 25.1. The first-order valence-corrected chi connectivity index (χ1v) is 10.8. The molecule has 8 nitrogen and oxygen atoms in total. The molecule has 0 atom stereocenters. The summed E-state index contributed by atoms with van der Waals surface area (Å²) in [5, 5.41) is 21.0. The van der Waals surface area contributed by atoms with Gasteiger partial charge in [-0.25, -0.2) is 4.79 Å². The van der Waals surface area contributed by atoms with E-state index < -0.39 is 57.4 Å². The van der Waals surface area contributed by atoms with Gasteiger partial charge in [0, 0.05) is 29.3 Å². The standard InChI is InChI=1S/C23H23BrO8/c1-4-14(25)17-19(23(30)31-11-12-9-7-8-10-13(12)24)18(15(26)5-2)22(21(29)20(17)28)32-16(27)6-3/h7-10,28-29H,4-6,11H2,1-3H3. The van der Waals surface area contributed by atoms with Crippen molar-refractivity contribution >= 4 is 39.4 Å². The number of halogens is 1. The van der Waals surface area contributed by atoms with E-state index in [0.29, 0.717) is 10.0 Å². The van der Waals surface area contributed by atoms with E-state index in [2.05, 4.69) is 15.9 Å². The lowest BCUT2D eigenvalue weighted by atomic mass is 9.91. The number of carbonyl (C=O) groups is 4. The number of benzene rings is 2. The van der Waals surface area contributed by atoms with E-state index in [9.17, 15) is 29.4 Å². The molecular formula is C23H23BrO8. The largest absolute Gasteiger partial charge is 0.504 e. The number of rotatable bonds is 9. The summed E-state index contributed by atoms with van der Waals surface area (Å²) < 4.78 is 11.1. The van der Waals surface area contributed by atoms with E-state index in [0.717, 1.165) is 0 Å². The highest BCUT2D eigenvalue weighted by atomic mass is 79.9. The van der Waals surface area contributed by atoms with Crippen molar-refractivity contribution in [2.45, 2.75) is 46.6 Å². The number of phenolic OH excluding ortho intramolecular Hbond substituents is 2. The average Bonchev–Trinajstić information content (AvgIpc) is 2.79. The predicted octanol–water partition coefficient (Wildman–Crippen LogP) is 4.72. The second-order valence-electron chi connectivity index (χ2n) is 6.70. The number of hydrogen-bond acceptors (Lipinski definition) is 8. The Hall–Kier alpha value is -3.20. The van der Waals surface area contributed by atoms with Crippen LogP contribution in [-0.4, -0.2) is 33.7 Å². The predicted molar refractivity (Wildman–Crippen MR) is 118 cm³/mol. The quantitative estimate of drug-likeness (QED) is 0.216. The van der Waals surface area contributed by atoms with Crippen molar-refractivity contribution in [2.24, 2.45) is 0 Å². The van der Waals surface area contributed by atoms with Gasteiger partial charge in [-0.1, -0.05) is 54.9 Å². The molecule has 0 bridgehead atoms. The summed E-state index contributed by atoms with van der Waals surface area (Å²) in [6, 6.07) is 6.96. The van der Waals surface area contributed by atoms with Crippen molar-refractivity contribution in [3.05, 3.63) is 51.0 Å². The third kappa shape index (κ3) is 5.16. The molecule has 2 N–H and O–H groups in total. The zero-order valence-electron chi connectivity index (χ0n) is 17.9. The summed E-state index contributed by atoms with van der Waals surface area (Å²) in [6.07, 6.45) is -0.367. The van der Waals surface area contributed by atoms with Crippen LogP contribution in [0.25, 0.3) is 0 Å². The van der Waals surface area contributed by atoms with Crippen LogP contribution in [0.1, 0.15) is 76.7 Å². The third-order valence-corrected chi connectivity index (χ3v) is 5.40. The molecular weight excluding hydrogens is 484 g/mol. The summed E-state index contributed by atoms with van der Waals surface area (Å²) in [5.74, 6) is -5.90. The molecule has 170 valence electrons. The molecule has 32 heavy (non-hydrogen) atoms. The first-order chi connectivity index (χ1) is 15.2. The third-order valence-electron chi connectivity index (χ3n) is 4.63. The van der Waals surface area contributed by atoms with Gasteiger partial charge in [-0.15, -0.1) is 0 Å². The minimum absolute atomic E-state index is 0.0998. The minimum atomic E-state index is -1.08. The summed E-state index contributed by atoms with van der Waals surface area (Å²) in [7, 11) is 0. The Balaban J connectivity index is 2.74. The van der Waals surface area contributed by atoms with Crippen molar-refractivity contribution in [3.63, 3.8) is 0 Å². The van der Waals surface area contributed by atoms with Gasteiger partial charge in [0.25, 0.3) is 0 Å². The summed E-state index contributed by atoms with van der Waals surface area (Å²) in [5.41, 5.74) is -0.980. The van der Waals surface area contributed by atoms with Gasteiger partial charge in [-0.05, 0) is 6.07 Å². The molecule has 0 radical (unpaired) electrons. The molecule has 0 saturated carbocycles. The van der Waals surface area contributed by atoms with Crippen LogP contribution in [0, 0.1) is 0 Å². The Labute approximate surface area is 193 Å². The van der Waals surface area contributed by atoms with Crippen LogP contribution in [0.2, 0.25) is 0 Å². The molecule has 2 aromatic rings. The summed E-state index contributed by atoms with van der Waals surface area (Å²) in [6.45, 7) is 4.27. The van der Waals surface area contributed by atoms with Gasteiger partial charge >= 0.3 is 11.9 Å². The zero-order valence-corrected chi connectivity index (χ0v) is 19.4. The average molecular weight is 507 g/mol. The number of aromatic hydroxyl groups is 2. The first-order valence-electron chi connectivity index (χ1n) is 9.97. The second kappa shape index (κ2) is 10.9. The van der Waals surface area contributed by atoms with Crippen LogP contribution >= 0.6 is 15.9 Å². The van der Waals surface area contributed by atoms with Crippen LogP contribution in [0.5, 0.6) is 17.2 Å². The van der Waals surface area contributed by atoms with Gasteiger partial charge in [-0.2, -0.15) is 0 Å². The van der Waals surface area contributed by atoms with Gasteiger partial charge in [0.15, 0.2) is 23.1 Å².